The number of carbonyl (C=O) groups is 1. The van der Waals surface area contributed by atoms with E-state index in [1.54, 1.807) is 32.4 Å². The molecule has 0 spiro atoms. The van der Waals surface area contributed by atoms with Gasteiger partial charge in [0.2, 0.25) is 5.91 Å². The molecule has 1 atom stereocenters. The fraction of sp³-hybridized carbons (Fsp3) is 0.471. The molecule has 0 bridgehead atoms. The molecular formula is C17H21Br3N2O3. The largest absolute Gasteiger partial charge is 0.492 e. The van der Waals surface area contributed by atoms with Crippen molar-refractivity contribution < 1.29 is 14.3 Å². The lowest BCUT2D eigenvalue weighted by molar-refractivity contribution is -0.131. The summed E-state index contributed by atoms with van der Waals surface area (Å²) in [5.74, 6) is 1.26. The van der Waals surface area contributed by atoms with Gasteiger partial charge in [0.1, 0.15) is 0 Å². The summed E-state index contributed by atoms with van der Waals surface area (Å²) in [5, 5.41) is 0. The number of benzene rings is 1. The molecule has 2 rings (SSSR count). The zero-order valence-electron chi connectivity index (χ0n) is 14.6. The van der Waals surface area contributed by atoms with Crippen LogP contribution in [-0.4, -0.2) is 56.6 Å². The van der Waals surface area contributed by atoms with E-state index in [1.165, 1.54) is 0 Å². The molecule has 0 saturated carbocycles. The van der Waals surface area contributed by atoms with Crippen LogP contribution in [0.5, 0.6) is 11.5 Å². The third kappa shape index (κ3) is 4.23. The molecule has 25 heavy (non-hydrogen) atoms. The van der Waals surface area contributed by atoms with Crippen LogP contribution in [0.2, 0.25) is 0 Å². The van der Waals surface area contributed by atoms with Crippen molar-refractivity contribution >= 4 is 59.8 Å². The Balaban J connectivity index is 2.34. The van der Waals surface area contributed by atoms with Crippen LogP contribution in [0.1, 0.15) is 18.4 Å². The maximum Gasteiger partial charge on any atom is 0.243 e. The predicted molar refractivity (Wildman–Crippen MR) is 110 cm³/mol. The first kappa shape index (κ1) is 20.7. The van der Waals surface area contributed by atoms with Gasteiger partial charge in [-0.3, -0.25) is 9.69 Å². The van der Waals surface area contributed by atoms with Gasteiger partial charge in [-0.25, -0.2) is 0 Å². The minimum Gasteiger partial charge on any atom is -0.492 e. The number of halogens is 3. The molecule has 1 saturated heterocycles. The van der Waals surface area contributed by atoms with Gasteiger partial charge in [-0.2, -0.15) is 0 Å². The second kappa shape index (κ2) is 8.88. The standard InChI is InChI=1S/C17H21Br3N2O3/c1-21-8-5-6-11(21)17(23)22(2)9-7-10-12(18)13(19)14(20)16(25-4)15(10)24-3/h7,9,11H,5-6,8H2,1-4H3. The number of likely N-dealkylation sites (N-methyl/N-ethyl adjacent to an activating group) is 2. The van der Waals surface area contributed by atoms with E-state index < -0.39 is 0 Å². The highest BCUT2D eigenvalue weighted by Gasteiger charge is 2.29. The van der Waals surface area contributed by atoms with Gasteiger partial charge in [0, 0.05) is 23.3 Å². The van der Waals surface area contributed by atoms with E-state index in [4.69, 9.17) is 9.47 Å². The molecule has 0 radical (unpaired) electrons. The van der Waals surface area contributed by atoms with E-state index in [0.717, 1.165) is 38.4 Å². The molecule has 1 aliphatic heterocycles. The van der Waals surface area contributed by atoms with Gasteiger partial charge >= 0.3 is 0 Å². The number of likely N-dealkylation sites (tertiary alicyclic amines) is 1. The Labute approximate surface area is 173 Å². The molecule has 1 amide bonds. The second-order valence-electron chi connectivity index (χ2n) is 5.83. The Morgan fingerprint density at radius 1 is 1.16 bits per heavy atom. The van der Waals surface area contributed by atoms with Crippen LogP contribution in [0.3, 0.4) is 0 Å². The highest BCUT2D eigenvalue weighted by Crippen LogP contribution is 2.48. The van der Waals surface area contributed by atoms with Gasteiger partial charge in [0.15, 0.2) is 11.5 Å². The summed E-state index contributed by atoms with van der Waals surface area (Å²) in [6, 6.07) is -0.0498. The number of methoxy groups -OCH3 is 2. The summed E-state index contributed by atoms with van der Waals surface area (Å²) in [5.41, 5.74) is 0.786. The Hall–Kier alpha value is -0.570. The fourth-order valence-corrected chi connectivity index (χ4v) is 4.60. The number of hydrogen-bond donors (Lipinski definition) is 0. The Morgan fingerprint density at radius 2 is 1.80 bits per heavy atom. The summed E-state index contributed by atoms with van der Waals surface area (Å²) >= 11 is 10.6. The quantitative estimate of drug-likeness (QED) is 0.515. The lowest BCUT2D eigenvalue weighted by atomic mass is 10.1. The molecule has 1 aliphatic rings. The van der Waals surface area contributed by atoms with Crippen LogP contribution >= 0.6 is 47.8 Å². The van der Waals surface area contributed by atoms with Gasteiger partial charge in [0.25, 0.3) is 0 Å². The molecule has 1 aromatic carbocycles. The van der Waals surface area contributed by atoms with Crippen LogP contribution in [0.15, 0.2) is 19.6 Å². The average molecular weight is 541 g/mol. The summed E-state index contributed by atoms with van der Waals surface area (Å²) in [4.78, 5) is 16.3. The number of ether oxygens (including phenoxy) is 2. The van der Waals surface area contributed by atoms with Crippen LogP contribution in [0, 0.1) is 0 Å². The summed E-state index contributed by atoms with van der Waals surface area (Å²) in [6.45, 7) is 0.962. The number of amides is 1. The predicted octanol–water partition coefficient (Wildman–Crippen LogP) is 4.51. The summed E-state index contributed by atoms with van der Waals surface area (Å²) < 4.78 is 13.4. The van der Waals surface area contributed by atoms with Crippen molar-refractivity contribution in [2.45, 2.75) is 18.9 Å². The van der Waals surface area contributed by atoms with E-state index >= 15 is 0 Å². The van der Waals surface area contributed by atoms with Gasteiger partial charge in [-0.1, -0.05) is 0 Å². The maximum absolute atomic E-state index is 12.6. The van der Waals surface area contributed by atoms with Gasteiger partial charge in [0.05, 0.1) is 29.2 Å². The van der Waals surface area contributed by atoms with E-state index in [2.05, 4.69) is 52.7 Å². The molecule has 8 heteroatoms. The van der Waals surface area contributed by atoms with Crippen molar-refractivity contribution in [1.82, 2.24) is 9.80 Å². The van der Waals surface area contributed by atoms with Gasteiger partial charge in [-0.05, 0) is 80.3 Å². The first-order valence-corrected chi connectivity index (χ1v) is 10.1. The first-order valence-electron chi connectivity index (χ1n) is 7.77. The number of rotatable bonds is 5. The third-order valence-corrected chi connectivity index (χ3v) is 7.74. The Morgan fingerprint density at radius 3 is 2.32 bits per heavy atom. The molecule has 1 fully saturated rings. The van der Waals surface area contributed by atoms with Gasteiger partial charge < -0.3 is 14.4 Å². The van der Waals surface area contributed by atoms with Crippen molar-refractivity contribution in [3.63, 3.8) is 0 Å². The molecule has 138 valence electrons. The average Bonchev–Trinajstić information content (AvgIpc) is 3.03. The summed E-state index contributed by atoms with van der Waals surface area (Å²) in [7, 11) is 6.94. The number of nitrogens with zero attached hydrogens (tertiary/aromatic N) is 2. The smallest absolute Gasteiger partial charge is 0.243 e. The van der Waals surface area contributed by atoms with Crippen LogP contribution in [-0.2, 0) is 4.79 Å². The van der Waals surface area contributed by atoms with Crippen LogP contribution in [0.25, 0.3) is 6.08 Å². The van der Waals surface area contributed by atoms with E-state index in [0.29, 0.717) is 11.5 Å². The fourth-order valence-electron chi connectivity index (χ4n) is 2.89. The third-order valence-electron chi connectivity index (χ3n) is 4.30. The molecule has 1 aromatic rings. The van der Waals surface area contributed by atoms with Crippen LogP contribution < -0.4 is 9.47 Å². The van der Waals surface area contributed by atoms with Gasteiger partial charge in [-0.15, -0.1) is 0 Å². The van der Waals surface area contributed by atoms with E-state index in [1.807, 2.05) is 13.1 Å². The SMILES string of the molecule is COc1c(Br)c(Br)c(Br)c(C=CN(C)C(=O)C2CCCN2C)c1OC. The number of carbonyl (C=O) groups excluding carboxylic acids is 1. The minimum absolute atomic E-state index is 0.0498. The lowest BCUT2D eigenvalue weighted by Gasteiger charge is -2.23. The molecule has 0 aromatic heterocycles. The van der Waals surface area contributed by atoms with Crippen molar-refractivity contribution in [1.29, 1.82) is 0 Å². The van der Waals surface area contributed by atoms with Crippen molar-refractivity contribution in [3.05, 3.63) is 25.2 Å². The van der Waals surface area contributed by atoms with Crippen molar-refractivity contribution in [3.8, 4) is 11.5 Å². The molecule has 5 nitrogen and oxygen atoms in total. The monoisotopic (exact) mass is 538 g/mol. The topological polar surface area (TPSA) is 42.0 Å². The molecule has 1 unspecified atom stereocenters. The van der Waals surface area contributed by atoms with Crippen molar-refractivity contribution in [2.24, 2.45) is 0 Å². The Kier molecular flexibility index (Phi) is 7.37. The molecule has 1 heterocycles. The zero-order chi connectivity index (χ0) is 18.7. The highest BCUT2D eigenvalue weighted by atomic mass is 79.9. The van der Waals surface area contributed by atoms with E-state index in [9.17, 15) is 4.79 Å². The minimum atomic E-state index is -0.0498. The molecule has 0 aliphatic carbocycles. The zero-order valence-corrected chi connectivity index (χ0v) is 19.4. The van der Waals surface area contributed by atoms with Crippen molar-refractivity contribution in [2.75, 3.05) is 34.9 Å². The number of hydrogen-bond acceptors (Lipinski definition) is 4. The lowest BCUT2D eigenvalue weighted by Crippen LogP contribution is -2.40. The second-order valence-corrected chi connectivity index (χ2v) is 8.20. The first-order chi connectivity index (χ1) is 11.8. The summed E-state index contributed by atoms with van der Waals surface area (Å²) in [6.07, 6.45) is 5.56. The van der Waals surface area contributed by atoms with Crippen LogP contribution in [0.4, 0.5) is 0 Å². The van der Waals surface area contributed by atoms with E-state index in [-0.39, 0.29) is 11.9 Å². The maximum atomic E-state index is 12.6. The Bertz CT molecular complexity index is 694. The molecule has 0 N–H and O–H groups in total. The normalized spacial score (nSPS) is 18.0. The molecular weight excluding hydrogens is 520 g/mol. The highest BCUT2D eigenvalue weighted by molar-refractivity contribution is 9.14.